The number of methoxy groups -OCH3 is 1. The summed E-state index contributed by atoms with van der Waals surface area (Å²) in [4.78, 5) is 77.8. The fourth-order valence-corrected chi connectivity index (χ4v) is 7.52. The Bertz CT molecular complexity index is 2610. The number of hydrogen-bond donors (Lipinski definition) is 2. The Balaban J connectivity index is 1.07. The Kier molecular flexibility index (Phi) is 12.8. The lowest BCUT2D eigenvalue weighted by molar-refractivity contribution is -0.160. The second-order valence-corrected chi connectivity index (χ2v) is 14.4. The summed E-state index contributed by atoms with van der Waals surface area (Å²) in [5.74, 6) is -1.74. The number of amides is 2. The number of imidazole rings is 2. The van der Waals surface area contributed by atoms with E-state index in [9.17, 15) is 19.2 Å². The van der Waals surface area contributed by atoms with Gasteiger partial charge in [0.25, 0.3) is 11.8 Å². The van der Waals surface area contributed by atoms with Gasteiger partial charge in [-0.25, -0.2) is 29.9 Å². The van der Waals surface area contributed by atoms with E-state index < -0.39 is 72.8 Å². The van der Waals surface area contributed by atoms with Crippen molar-refractivity contribution in [3.05, 3.63) is 110 Å². The van der Waals surface area contributed by atoms with Crippen molar-refractivity contribution in [3.63, 3.8) is 0 Å². The Hall–Kier alpha value is -7.04. The molecule has 326 valence electrons. The van der Waals surface area contributed by atoms with Crippen molar-refractivity contribution in [1.82, 2.24) is 39.0 Å². The molecule has 0 radical (unpaired) electrons. The molecule has 0 aliphatic carbocycles. The highest BCUT2D eigenvalue weighted by Gasteiger charge is 2.53. The molecule has 6 aromatic rings. The lowest BCUT2D eigenvalue weighted by Crippen LogP contribution is -2.43. The standard InChI is InChI=1S/C42H42N10O11/c1-5-16-58-31-28(63-41(33(31)60-23(2)53)51-21-47-29-35(43-19-45-37(29)51)49-39(55)25-12-8-6-9-13-25)18-59-32-27(17-57-4)62-42(34(32)61-24(3)54)52-22-48-30-36(44-20-46-38(30)52)50-40(56)26-14-10-7-11-15-26/h5-15,19-22,27-28,31-34,41-42H,1,16-18H2,2-4H3,(H,43,45,49,55)(H,44,46,50,56)/t27-,28-,31+,32+,33-,34-,41-,42-/m1/s1. The van der Waals surface area contributed by atoms with Crippen LogP contribution in [0.15, 0.2) is 98.6 Å². The summed E-state index contributed by atoms with van der Waals surface area (Å²) < 4.78 is 46.3. The van der Waals surface area contributed by atoms with Crippen molar-refractivity contribution in [3.8, 4) is 0 Å². The van der Waals surface area contributed by atoms with E-state index in [-0.39, 0.29) is 53.8 Å². The first-order valence-electron chi connectivity index (χ1n) is 19.7. The van der Waals surface area contributed by atoms with E-state index in [1.165, 1.54) is 52.3 Å². The molecule has 21 heteroatoms. The maximum Gasteiger partial charge on any atom is 0.303 e. The molecule has 2 aromatic carbocycles. The fraction of sp³-hybridized carbons (Fsp3) is 0.333. The molecular formula is C42H42N10O11. The highest BCUT2D eigenvalue weighted by atomic mass is 16.7. The van der Waals surface area contributed by atoms with Crippen LogP contribution >= 0.6 is 0 Å². The topological polar surface area (TPSA) is 244 Å². The molecule has 0 spiro atoms. The van der Waals surface area contributed by atoms with Gasteiger partial charge < -0.3 is 43.8 Å². The molecule has 2 aliphatic heterocycles. The van der Waals surface area contributed by atoms with Crippen molar-refractivity contribution in [1.29, 1.82) is 0 Å². The van der Waals surface area contributed by atoms with Gasteiger partial charge in [0.1, 0.15) is 37.1 Å². The van der Waals surface area contributed by atoms with Crippen molar-refractivity contribution in [2.75, 3.05) is 37.6 Å². The lowest BCUT2D eigenvalue weighted by Gasteiger charge is -2.27. The average molecular weight is 863 g/mol. The third-order valence-electron chi connectivity index (χ3n) is 10.2. The number of nitrogens with zero attached hydrogens (tertiary/aromatic N) is 8. The predicted octanol–water partition coefficient (Wildman–Crippen LogP) is 3.43. The predicted molar refractivity (Wildman–Crippen MR) is 220 cm³/mol. The SMILES string of the molecule is C=CCO[C@@H]1[C@@H](OC(C)=O)[C@H](n2cnc3c(NC(=O)c4ccccc4)ncnc32)O[C@@H]1CO[C@@H]1[C@@H](OC(C)=O)[C@H](n2cnc3c(NC(=O)c4ccccc4)ncnc32)O[C@@H]1COC. The molecule has 8 atom stereocenters. The van der Waals surface area contributed by atoms with E-state index >= 15 is 0 Å². The highest BCUT2D eigenvalue weighted by Crippen LogP contribution is 2.40. The van der Waals surface area contributed by atoms with E-state index in [1.54, 1.807) is 69.8 Å². The number of fused-ring (bicyclic) bond motifs is 2. The molecule has 2 aliphatic rings. The smallest absolute Gasteiger partial charge is 0.303 e. The molecule has 0 saturated carbocycles. The van der Waals surface area contributed by atoms with Gasteiger partial charge in [-0.1, -0.05) is 42.5 Å². The molecule has 0 bridgehead atoms. The highest BCUT2D eigenvalue weighted by molar-refractivity contribution is 6.07. The van der Waals surface area contributed by atoms with Gasteiger partial charge in [-0.05, 0) is 24.3 Å². The first-order chi connectivity index (χ1) is 30.6. The van der Waals surface area contributed by atoms with Gasteiger partial charge in [-0.15, -0.1) is 6.58 Å². The van der Waals surface area contributed by atoms with E-state index in [0.29, 0.717) is 11.1 Å². The average Bonchev–Trinajstić information content (AvgIpc) is 4.07. The van der Waals surface area contributed by atoms with Crippen LogP contribution < -0.4 is 10.6 Å². The Labute approximate surface area is 358 Å². The van der Waals surface area contributed by atoms with Gasteiger partial charge in [-0.2, -0.15) is 0 Å². The largest absolute Gasteiger partial charge is 0.455 e. The first-order valence-corrected chi connectivity index (χ1v) is 19.7. The summed E-state index contributed by atoms with van der Waals surface area (Å²) in [5.41, 5.74) is 1.87. The van der Waals surface area contributed by atoms with Crippen molar-refractivity contribution in [2.45, 2.75) is 62.9 Å². The van der Waals surface area contributed by atoms with E-state index in [0.717, 1.165) is 0 Å². The summed E-state index contributed by atoms with van der Waals surface area (Å²) in [6.45, 7) is 6.17. The lowest BCUT2D eigenvalue weighted by atomic mass is 10.1. The fourth-order valence-electron chi connectivity index (χ4n) is 7.52. The molecule has 2 N–H and O–H groups in total. The van der Waals surface area contributed by atoms with Gasteiger partial charge in [0.15, 0.2) is 58.6 Å². The van der Waals surface area contributed by atoms with Crippen molar-refractivity contribution in [2.24, 2.45) is 0 Å². The zero-order valence-corrected chi connectivity index (χ0v) is 34.2. The van der Waals surface area contributed by atoms with Crippen LogP contribution in [0.3, 0.4) is 0 Å². The number of hydrogen-bond acceptors (Lipinski definition) is 17. The number of carbonyl (C=O) groups excluding carboxylic acids is 4. The first kappa shape index (κ1) is 42.6. The number of anilines is 2. The minimum Gasteiger partial charge on any atom is -0.455 e. The zero-order chi connectivity index (χ0) is 44.0. The number of carbonyl (C=O) groups is 4. The number of benzene rings is 2. The number of ether oxygens (including phenoxy) is 7. The molecule has 8 rings (SSSR count). The van der Waals surface area contributed by atoms with Gasteiger partial charge in [0.2, 0.25) is 0 Å². The molecular weight excluding hydrogens is 821 g/mol. The van der Waals surface area contributed by atoms with E-state index in [1.807, 2.05) is 0 Å². The molecule has 6 heterocycles. The van der Waals surface area contributed by atoms with Gasteiger partial charge in [-0.3, -0.25) is 28.3 Å². The maximum absolute atomic E-state index is 13.1. The van der Waals surface area contributed by atoms with Gasteiger partial charge in [0, 0.05) is 32.1 Å². The summed E-state index contributed by atoms with van der Waals surface area (Å²) in [5, 5.41) is 5.56. The number of nitrogens with one attached hydrogen (secondary N) is 2. The van der Waals surface area contributed by atoms with Gasteiger partial charge in [0.05, 0.1) is 32.5 Å². The van der Waals surface area contributed by atoms with Crippen LogP contribution in [0.5, 0.6) is 0 Å². The molecule has 63 heavy (non-hydrogen) atoms. The van der Waals surface area contributed by atoms with Crippen LogP contribution in [-0.2, 0) is 42.7 Å². The molecule has 0 unspecified atom stereocenters. The molecule has 2 fully saturated rings. The summed E-state index contributed by atoms with van der Waals surface area (Å²) in [6, 6.07) is 17.2. The van der Waals surface area contributed by atoms with Crippen LogP contribution in [0.2, 0.25) is 0 Å². The van der Waals surface area contributed by atoms with Gasteiger partial charge >= 0.3 is 11.9 Å². The monoisotopic (exact) mass is 862 g/mol. The van der Waals surface area contributed by atoms with Crippen molar-refractivity contribution >= 4 is 57.7 Å². The molecule has 4 aromatic heterocycles. The number of rotatable bonds is 16. The third kappa shape index (κ3) is 8.99. The van der Waals surface area contributed by atoms with E-state index in [2.05, 4.69) is 47.1 Å². The summed E-state index contributed by atoms with van der Waals surface area (Å²) in [7, 11) is 1.49. The van der Waals surface area contributed by atoms with Crippen LogP contribution in [0, 0.1) is 0 Å². The third-order valence-corrected chi connectivity index (χ3v) is 10.2. The Morgan fingerprint density at radius 2 is 1.11 bits per heavy atom. The van der Waals surface area contributed by atoms with Crippen molar-refractivity contribution < 1.29 is 52.3 Å². The minimum absolute atomic E-state index is 0.0173. The summed E-state index contributed by atoms with van der Waals surface area (Å²) in [6.07, 6.45) is -0.942. The van der Waals surface area contributed by atoms with Crippen LogP contribution in [0.1, 0.15) is 47.0 Å². The molecule has 2 amide bonds. The number of esters is 2. The number of aromatic nitrogens is 8. The Morgan fingerprint density at radius 1 is 0.651 bits per heavy atom. The van der Waals surface area contributed by atoms with Crippen LogP contribution in [0.25, 0.3) is 22.3 Å². The molecule has 21 nitrogen and oxygen atoms in total. The molecule has 2 saturated heterocycles. The van der Waals surface area contributed by atoms with E-state index in [4.69, 9.17) is 33.2 Å². The summed E-state index contributed by atoms with van der Waals surface area (Å²) >= 11 is 0. The quantitative estimate of drug-likeness (QED) is 0.105. The Morgan fingerprint density at radius 3 is 1.56 bits per heavy atom. The minimum atomic E-state index is -1.09. The zero-order valence-electron chi connectivity index (χ0n) is 34.2. The van der Waals surface area contributed by atoms with Crippen LogP contribution in [0.4, 0.5) is 11.6 Å². The maximum atomic E-state index is 13.1. The normalized spacial score (nSPS) is 23.1. The second kappa shape index (κ2) is 18.9. The van der Waals surface area contributed by atoms with Crippen LogP contribution in [-0.4, -0.2) is 126 Å². The second-order valence-electron chi connectivity index (χ2n) is 14.4.